The van der Waals surface area contributed by atoms with Crippen molar-refractivity contribution in [2.75, 3.05) is 6.61 Å². The van der Waals surface area contributed by atoms with E-state index in [1.54, 1.807) is 6.92 Å². The summed E-state index contributed by atoms with van der Waals surface area (Å²) < 4.78 is 10.1. The highest BCUT2D eigenvalue weighted by Crippen LogP contribution is 2.44. The zero-order chi connectivity index (χ0) is 11.9. The lowest BCUT2D eigenvalue weighted by Gasteiger charge is -2.31. The molecule has 0 unspecified atom stereocenters. The van der Waals surface area contributed by atoms with Crippen molar-refractivity contribution < 1.29 is 19.1 Å². The second kappa shape index (κ2) is 4.53. The molecule has 16 heavy (non-hydrogen) atoms. The average molecular weight is 312 g/mol. The van der Waals surface area contributed by atoms with Crippen LogP contribution in [0, 0.1) is 11.8 Å². The first-order valence-corrected chi connectivity index (χ1v) is 6.56. The topological polar surface area (TPSA) is 52.6 Å². The molecular weight excluding hydrogens is 299 g/mol. The van der Waals surface area contributed by atoms with E-state index < -0.39 is 23.2 Å². The molecule has 2 rings (SSSR count). The number of alkyl halides is 2. The molecule has 0 spiro atoms. The SMILES string of the molecule is CCOC(=O)[C@@H]1[C@@H](Cl)[C@@H](Br)[C@@H]2C[C@H]1C(=O)O2. The van der Waals surface area contributed by atoms with E-state index in [0.717, 1.165) is 0 Å². The van der Waals surface area contributed by atoms with Crippen molar-refractivity contribution in [2.24, 2.45) is 11.8 Å². The third kappa shape index (κ3) is 1.84. The van der Waals surface area contributed by atoms with Crippen molar-refractivity contribution in [2.45, 2.75) is 29.7 Å². The standard InChI is InChI=1S/C10H12BrClO4/c1-2-15-10(14)6-4-3-5(16-9(4)13)7(11)8(6)12/h4-8H,2-3H2,1H3/t4-,5+,6+,7+,8-/m1/s1. The van der Waals surface area contributed by atoms with Gasteiger partial charge in [0.05, 0.1) is 28.6 Å². The predicted molar refractivity (Wildman–Crippen MR) is 60.5 cm³/mol. The van der Waals surface area contributed by atoms with Gasteiger partial charge in [0, 0.05) is 0 Å². The van der Waals surface area contributed by atoms with E-state index in [4.69, 9.17) is 21.1 Å². The molecule has 1 saturated carbocycles. The second-order valence-electron chi connectivity index (χ2n) is 3.98. The van der Waals surface area contributed by atoms with Gasteiger partial charge in [-0.1, -0.05) is 15.9 Å². The Kier molecular flexibility index (Phi) is 3.45. The van der Waals surface area contributed by atoms with Crippen LogP contribution in [0.15, 0.2) is 0 Å². The fraction of sp³-hybridized carbons (Fsp3) is 0.800. The van der Waals surface area contributed by atoms with Gasteiger partial charge in [-0.15, -0.1) is 11.6 Å². The molecule has 2 fully saturated rings. The van der Waals surface area contributed by atoms with E-state index in [-0.39, 0.29) is 23.5 Å². The van der Waals surface area contributed by atoms with Gasteiger partial charge in [0.2, 0.25) is 0 Å². The largest absolute Gasteiger partial charge is 0.466 e. The summed E-state index contributed by atoms with van der Waals surface area (Å²) in [6, 6.07) is 0. The highest BCUT2D eigenvalue weighted by Gasteiger charge is 2.56. The van der Waals surface area contributed by atoms with Gasteiger partial charge >= 0.3 is 11.9 Å². The zero-order valence-corrected chi connectivity index (χ0v) is 11.0. The van der Waals surface area contributed by atoms with Crippen molar-refractivity contribution in [3.05, 3.63) is 0 Å². The number of halogens is 2. The number of ether oxygens (including phenoxy) is 2. The molecule has 0 aromatic rings. The molecule has 1 heterocycles. The van der Waals surface area contributed by atoms with Crippen LogP contribution in [0.25, 0.3) is 0 Å². The van der Waals surface area contributed by atoms with Crippen LogP contribution in [0.4, 0.5) is 0 Å². The van der Waals surface area contributed by atoms with Crippen LogP contribution in [-0.2, 0) is 19.1 Å². The Morgan fingerprint density at radius 2 is 2.38 bits per heavy atom. The molecule has 6 heteroatoms. The normalized spacial score (nSPS) is 41.7. The van der Waals surface area contributed by atoms with Crippen LogP contribution in [0.2, 0.25) is 0 Å². The van der Waals surface area contributed by atoms with Gasteiger partial charge in [-0.05, 0) is 13.3 Å². The van der Waals surface area contributed by atoms with Crippen molar-refractivity contribution in [3.8, 4) is 0 Å². The lowest BCUT2D eigenvalue weighted by molar-refractivity contribution is -0.154. The van der Waals surface area contributed by atoms with Gasteiger partial charge in [0.15, 0.2) is 0 Å². The average Bonchev–Trinajstić information content (AvgIpc) is 2.56. The molecule has 1 aliphatic carbocycles. The fourth-order valence-electron chi connectivity index (χ4n) is 2.28. The van der Waals surface area contributed by atoms with Crippen molar-refractivity contribution in [3.63, 3.8) is 0 Å². The van der Waals surface area contributed by atoms with Crippen molar-refractivity contribution in [1.82, 2.24) is 0 Å². The third-order valence-electron chi connectivity index (χ3n) is 3.05. The smallest absolute Gasteiger partial charge is 0.311 e. The van der Waals surface area contributed by atoms with Crippen LogP contribution in [-0.4, -0.2) is 34.9 Å². The number of hydrogen-bond donors (Lipinski definition) is 0. The van der Waals surface area contributed by atoms with E-state index >= 15 is 0 Å². The van der Waals surface area contributed by atoms with Crippen LogP contribution in [0.3, 0.4) is 0 Å². The Hall–Kier alpha value is -0.290. The summed E-state index contributed by atoms with van der Waals surface area (Å²) in [5.74, 6) is -1.79. The third-order valence-corrected chi connectivity index (χ3v) is 5.06. The van der Waals surface area contributed by atoms with E-state index in [0.29, 0.717) is 6.42 Å². The summed E-state index contributed by atoms with van der Waals surface area (Å²) in [7, 11) is 0. The zero-order valence-electron chi connectivity index (χ0n) is 8.69. The summed E-state index contributed by atoms with van der Waals surface area (Å²) in [4.78, 5) is 23.1. The number of hydrogen-bond acceptors (Lipinski definition) is 4. The molecule has 1 saturated heterocycles. The highest BCUT2D eigenvalue weighted by molar-refractivity contribution is 9.09. The quantitative estimate of drug-likeness (QED) is 0.572. The second-order valence-corrected chi connectivity index (χ2v) is 5.55. The number of esters is 2. The Morgan fingerprint density at radius 3 is 3.00 bits per heavy atom. The Bertz CT molecular complexity index is 322. The van der Waals surface area contributed by atoms with Crippen LogP contribution in [0.5, 0.6) is 0 Å². The lowest BCUT2D eigenvalue weighted by atomic mass is 9.79. The highest BCUT2D eigenvalue weighted by atomic mass is 79.9. The fourth-order valence-corrected chi connectivity index (χ4v) is 3.37. The first-order valence-electron chi connectivity index (χ1n) is 5.21. The first-order chi connectivity index (χ1) is 7.56. The van der Waals surface area contributed by atoms with Crippen LogP contribution < -0.4 is 0 Å². The van der Waals surface area contributed by atoms with Gasteiger partial charge in [-0.25, -0.2) is 0 Å². The molecule has 2 bridgehead atoms. The molecule has 90 valence electrons. The van der Waals surface area contributed by atoms with E-state index in [2.05, 4.69) is 15.9 Å². The Labute approximate surface area is 107 Å². The van der Waals surface area contributed by atoms with E-state index in [1.807, 2.05) is 0 Å². The van der Waals surface area contributed by atoms with Gasteiger partial charge in [-0.2, -0.15) is 0 Å². The minimum atomic E-state index is -0.600. The maximum Gasteiger partial charge on any atom is 0.311 e. The monoisotopic (exact) mass is 310 g/mol. The molecule has 2 aliphatic rings. The summed E-state index contributed by atoms with van der Waals surface area (Å²) in [5, 5.41) is -0.464. The van der Waals surface area contributed by atoms with Gasteiger partial charge in [-0.3, -0.25) is 9.59 Å². The number of rotatable bonds is 2. The minimum absolute atomic E-state index is 0.189. The molecule has 1 aliphatic heterocycles. The maximum absolute atomic E-state index is 11.8. The Balaban J connectivity index is 2.21. The molecule has 0 N–H and O–H groups in total. The van der Waals surface area contributed by atoms with Crippen LogP contribution >= 0.6 is 27.5 Å². The summed E-state index contributed by atoms with van der Waals surface area (Å²) in [5.41, 5.74) is 0. The molecule has 4 nitrogen and oxygen atoms in total. The molecular formula is C10H12BrClO4. The van der Waals surface area contributed by atoms with E-state index in [9.17, 15) is 9.59 Å². The van der Waals surface area contributed by atoms with Gasteiger partial charge < -0.3 is 9.47 Å². The number of carbonyl (C=O) groups excluding carboxylic acids is 2. The Morgan fingerprint density at radius 1 is 1.69 bits per heavy atom. The molecule has 0 aromatic heterocycles. The minimum Gasteiger partial charge on any atom is -0.466 e. The van der Waals surface area contributed by atoms with Gasteiger partial charge in [0.25, 0.3) is 0 Å². The molecule has 5 atom stereocenters. The van der Waals surface area contributed by atoms with Gasteiger partial charge in [0.1, 0.15) is 6.10 Å². The van der Waals surface area contributed by atoms with E-state index in [1.165, 1.54) is 0 Å². The van der Waals surface area contributed by atoms with Crippen molar-refractivity contribution in [1.29, 1.82) is 0 Å². The molecule has 0 radical (unpaired) electrons. The molecule has 0 aromatic carbocycles. The predicted octanol–water partition coefficient (Wildman–Crippen LogP) is 1.48. The summed E-state index contributed by atoms with van der Waals surface area (Å²) >= 11 is 9.56. The summed E-state index contributed by atoms with van der Waals surface area (Å²) in [6.45, 7) is 2.02. The lowest BCUT2D eigenvalue weighted by Crippen LogP contribution is -2.45. The maximum atomic E-state index is 11.8. The van der Waals surface area contributed by atoms with Crippen LogP contribution in [0.1, 0.15) is 13.3 Å². The first kappa shape index (κ1) is 12.2. The molecule has 0 amide bonds. The van der Waals surface area contributed by atoms with Crippen molar-refractivity contribution >= 4 is 39.5 Å². The summed E-state index contributed by atoms with van der Waals surface area (Å²) in [6.07, 6.45) is 0.326. The number of carbonyl (C=O) groups is 2. The number of fused-ring (bicyclic) bond motifs is 2.